The second kappa shape index (κ2) is 10.6. The van der Waals surface area contributed by atoms with E-state index < -0.39 is 0 Å². The van der Waals surface area contributed by atoms with Gasteiger partial charge in [-0.1, -0.05) is 24.3 Å². The van der Waals surface area contributed by atoms with Crippen LogP contribution >= 0.6 is 24.0 Å². The first-order valence-corrected chi connectivity index (χ1v) is 10.2. The van der Waals surface area contributed by atoms with Crippen LogP contribution in [0.5, 0.6) is 5.75 Å². The van der Waals surface area contributed by atoms with Gasteiger partial charge in [-0.2, -0.15) is 0 Å². The third kappa shape index (κ3) is 5.00. The molecule has 3 aromatic rings. The van der Waals surface area contributed by atoms with Gasteiger partial charge in [-0.25, -0.2) is 0 Å². The summed E-state index contributed by atoms with van der Waals surface area (Å²) < 4.78 is 5.36. The number of nitrogens with one attached hydrogen (secondary N) is 2. The van der Waals surface area contributed by atoms with E-state index in [9.17, 15) is 0 Å². The molecule has 30 heavy (non-hydrogen) atoms. The number of guanidine groups is 1. The average molecular weight is 519 g/mol. The number of hydrogen-bond acceptors (Lipinski definition) is 3. The van der Waals surface area contributed by atoms with Crippen LogP contribution in [-0.4, -0.2) is 62.7 Å². The minimum Gasteiger partial charge on any atom is -0.497 e. The molecular formula is C23H30IN5O. The number of nitrogens with zero attached hydrogens (tertiary/aromatic N) is 3. The Balaban J connectivity index is 0.00000256. The van der Waals surface area contributed by atoms with Gasteiger partial charge >= 0.3 is 0 Å². The van der Waals surface area contributed by atoms with Crippen molar-refractivity contribution in [1.82, 2.24) is 15.2 Å². The molecule has 2 aromatic carbocycles. The van der Waals surface area contributed by atoms with Crippen molar-refractivity contribution in [3.63, 3.8) is 0 Å². The molecule has 7 heteroatoms. The van der Waals surface area contributed by atoms with Crippen LogP contribution in [0.3, 0.4) is 0 Å². The molecule has 2 heterocycles. The lowest BCUT2D eigenvalue weighted by atomic mass is 10.1. The molecule has 6 nitrogen and oxygen atoms in total. The van der Waals surface area contributed by atoms with Gasteiger partial charge in [-0.3, -0.25) is 4.99 Å². The molecule has 1 saturated heterocycles. The third-order valence-electron chi connectivity index (χ3n) is 5.56. The monoisotopic (exact) mass is 519 g/mol. The van der Waals surface area contributed by atoms with Gasteiger partial charge in [-0.15, -0.1) is 24.0 Å². The predicted octanol–water partition coefficient (Wildman–Crippen LogP) is 3.73. The number of para-hydroxylation sites is 1. The number of methoxy groups -OCH3 is 1. The zero-order chi connectivity index (χ0) is 20.1. The van der Waals surface area contributed by atoms with Crippen molar-refractivity contribution < 1.29 is 4.74 Å². The zero-order valence-electron chi connectivity index (χ0n) is 17.6. The van der Waals surface area contributed by atoms with E-state index in [-0.39, 0.29) is 24.0 Å². The fraction of sp³-hybridized carbons (Fsp3) is 0.348. The molecular weight excluding hydrogens is 489 g/mol. The molecule has 0 bridgehead atoms. The minimum atomic E-state index is 0. The van der Waals surface area contributed by atoms with Crippen molar-refractivity contribution in [2.75, 3.05) is 51.8 Å². The van der Waals surface area contributed by atoms with E-state index in [0.29, 0.717) is 0 Å². The SMILES string of the molecule is CN=C(NCCc1c[nH]c2ccccc12)N1CCN(c2cccc(OC)c2)CC1.I. The maximum absolute atomic E-state index is 5.36. The maximum atomic E-state index is 5.36. The third-order valence-corrected chi connectivity index (χ3v) is 5.56. The minimum absolute atomic E-state index is 0. The highest BCUT2D eigenvalue weighted by Gasteiger charge is 2.20. The first-order chi connectivity index (χ1) is 14.3. The number of aromatic nitrogens is 1. The molecule has 1 fully saturated rings. The maximum Gasteiger partial charge on any atom is 0.193 e. The summed E-state index contributed by atoms with van der Waals surface area (Å²) in [6, 6.07) is 16.7. The van der Waals surface area contributed by atoms with Crippen LogP contribution in [0.1, 0.15) is 5.56 Å². The number of aliphatic imine (C=N–C) groups is 1. The Morgan fingerprint density at radius 3 is 2.67 bits per heavy atom. The average Bonchev–Trinajstić information content (AvgIpc) is 3.20. The van der Waals surface area contributed by atoms with Crippen LogP contribution in [0.15, 0.2) is 59.7 Å². The molecule has 1 aromatic heterocycles. The molecule has 1 aliphatic rings. The number of aromatic amines is 1. The van der Waals surface area contributed by atoms with Gasteiger partial charge < -0.3 is 24.8 Å². The molecule has 0 saturated carbocycles. The molecule has 0 atom stereocenters. The van der Waals surface area contributed by atoms with Gasteiger partial charge in [0.25, 0.3) is 0 Å². The predicted molar refractivity (Wildman–Crippen MR) is 136 cm³/mol. The fourth-order valence-corrected chi connectivity index (χ4v) is 3.96. The molecule has 160 valence electrons. The molecule has 0 radical (unpaired) electrons. The van der Waals surface area contributed by atoms with Crippen LogP contribution in [0.4, 0.5) is 5.69 Å². The number of halogens is 1. The fourth-order valence-electron chi connectivity index (χ4n) is 3.96. The number of fused-ring (bicyclic) bond motifs is 1. The standard InChI is InChI=1S/C23H29N5O.HI/c1-24-23(25-11-10-18-17-26-22-9-4-3-8-21(18)22)28-14-12-27(13-15-28)19-6-5-7-20(16-19)29-2;/h3-9,16-17,26H,10-15H2,1-2H3,(H,24,25);1H. The summed E-state index contributed by atoms with van der Waals surface area (Å²) in [5, 5.41) is 4.84. The lowest BCUT2D eigenvalue weighted by Crippen LogP contribution is -2.52. The van der Waals surface area contributed by atoms with Crippen LogP contribution in [-0.2, 0) is 6.42 Å². The van der Waals surface area contributed by atoms with Crippen molar-refractivity contribution in [3.8, 4) is 5.75 Å². The van der Waals surface area contributed by atoms with Gasteiger partial charge in [0.15, 0.2) is 5.96 Å². The molecule has 0 aliphatic carbocycles. The van der Waals surface area contributed by atoms with Crippen molar-refractivity contribution in [1.29, 1.82) is 0 Å². The van der Waals surface area contributed by atoms with E-state index in [1.807, 2.05) is 19.2 Å². The summed E-state index contributed by atoms with van der Waals surface area (Å²) in [5.41, 5.74) is 3.75. The number of hydrogen-bond donors (Lipinski definition) is 2. The lowest BCUT2D eigenvalue weighted by molar-refractivity contribution is 0.372. The Hall–Kier alpha value is -2.42. The first kappa shape index (κ1) is 22.3. The van der Waals surface area contributed by atoms with E-state index in [2.05, 4.69) is 67.7 Å². The van der Waals surface area contributed by atoms with Crippen molar-refractivity contribution in [2.24, 2.45) is 4.99 Å². The Kier molecular flexibility index (Phi) is 7.84. The summed E-state index contributed by atoms with van der Waals surface area (Å²) in [6.45, 7) is 4.70. The summed E-state index contributed by atoms with van der Waals surface area (Å²) in [4.78, 5) is 12.6. The summed E-state index contributed by atoms with van der Waals surface area (Å²) in [5.74, 6) is 1.88. The Labute approximate surface area is 195 Å². The van der Waals surface area contributed by atoms with Crippen LogP contribution in [0.25, 0.3) is 10.9 Å². The Morgan fingerprint density at radius 2 is 1.90 bits per heavy atom. The Morgan fingerprint density at radius 1 is 1.10 bits per heavy atom. The van der Waals surface area contributed by atoms with Gasteiger partial charge in [0, 0.05) is 68.6 Å². The van der Waals surface area contributed by atoms with E-state index in [1.165, 1.54) is 22.2 Å². The number of piperazine rings is 1. The molecule has 1 aliphatic heterocycles. The first-order valence-electron chi connectivity index (χ1n) is 10.2. The van der Waals surface area contributed by atoms with Crippen LogP contribution in [0.2, 0.25) is 0 Å². The number of benzene rings is 2. The summed E-state index contributed by atoms with van der Waals surface area (Å²) in [7, 11) is 3.57. The van der Waals surface area contributed by atoms with Crippen LogP contribution in [0, 0.1) is 0 Å². The second-order valence-corrected chi connectivity index (χ2v) is 7.26. The van der Waals surface area contributed by atoms with Crippen molar-refractivity contribution >= 4 is 46.5 Å². The topological polar surface area (TPSA) is 55.9 Å². The molecule has 4 rings (SSSR count). The quantitative estimate of drug-likeness (QED) is 0.307. The summed E-state index contributed by atoms with van der Waals surface area (Å²) in [6.07, 6.45) is 3.08. The van der Waals surface area contributed by atoms with E-state index in [4.69, 9.17) is 4.74 Å². The molecule has 0 spiro atoms. The molecule has 0 amide bonds. The van der Waals surface area contributed by atoms with Crippen molar-refractivity contribution in [2.45, 2.75) is 6.42 Å². The smallest absolute Gasteiger partial charge is 0.193 e. The summed E-state index contributed by atoms with van der Waals surface area (Å²) >= 11 is 0. The highest BCUT2D eigenvalue weighted by molar-refractivity contribution is 14.0. The highest BCUT2D eigenvalue weighted by atomic mass is 127. The van der Waals surface area contributed by atoms with Gasteiger partial charge in [-0.05, 0) is 30.2 Å². The normalized spacial score (nSPS) is 14.5. The van der Waals surface area contributed by atoms with Gasteiger partial charge in [0.05, 0.1) is 7.11 Å². The van der Waals surface area contributed by atoms with E-state index in [1.54, 1.807) is 7.11 Å². The number of H-pyrrole nitrogens is 1. The van der Waals surface area contributed by atoms with E-state index in [0.717, 1.165) is 50.9 Å². The van der Waals surface area contributed by atoms with E-state index >= 15 is 0 Å². The van der Waals surface area contributed by atoms with Crippen LogP contribution < -0.4 is 15.0 Å². The second-order valence-electron chi connectivity index (χ2n) is 7.26. The largest absolute Gasteiger partial charge is 0.497 e. The molecule has 2 N–H and O–H groups in total. The number of anilines is 1. The van der Waals surface area contributed by atoms with Gasteiger partial charge in [0.1, 0.15) is 5.75 Å². The number of ether oxygens (including phenoxy) is 1. The highest BCUT2D eigenvalue weighted by Crippen LogP contribution is 2.22. The Bertz CT molecular complexity index is 978. The van der Waals surface area contributed by atoms with Gasteiger partial charge in [0.2, 0.25) is 0 Å². The lowest BCUT2D eigenvalue weighted by Gasteiger charge is -2.37. The van der Waals surface area contributed by atoms with Crippen molar-refractivity contribution in [3.05, 3.63) is 60.3 Å². The molecule has 0 unspecified atom stereocenters. The number of rotatable bonds is 5. The zero-order valence-corrected chi connectivity index (χ0v) is 19.9.